The minimum Gasteiger partial charge on any atom is -0.462 e. The minimum atomic E-state index is -0.793. The summed E-state index contributed by atoms with van der Waals surface area (Å²) >= 11 is 0. The summed E-state index contributed by atoms with van der Waals surface area (Å²) in [7, 11) is 0. The molecule has 0 aromatic rings. The summed E-state index contributed by atoms with van der Waals surface area (Å²) in [5, 5.41) is 0. The first-order valence-electron chi connectivity index (χ1n) is 34.7. The van der Waals surface area contributed by atoms with E-state index in [4.69, 9.17) is 14.2 Å². The molecule has 6 heteroatoms. The molecule has 0 heterocycles. The molecule has 0 aromatic heterocycles. The van der Waals surface area contributed by atoms with Crippen LogP contribution in [0.4, 0.5) is 0 Å². The van der Waals surface area contributed by atoms with Crippen LogP contribution in [0.3, 0.4) is 0 Å². The maximum atomic E-state index is 13.0. The van der Waals surface area contributed by atoms with Crippen LogP contribution < -0.4 is 0 Å². The Morgan fingerprint density at radius 2 is 0.470 bits per heavy atom. The van der Waals surface area contributed by atoms with Gasteiger partial charge >= 0.3 is 17.9 Å². The van der Waals surface area contributed by atoms with Gasteiger partial charge in [-0.2, -0.15) is 0 Å². The van der Waals surface area contributed by atoms with Crippen molar-refractivity contribution < 1.29 is 28.6 Å². The van der Waals surface area contributed by atoms with E-state index in [0.717, 1.165) is 141 Å². The summed E-state index contributed by atoms with van der Waals surface area (Å²) in [5.74, 6) is -0.896. The Balaban J connectivity index is 4.40. The van der Waals surface area contributed by atoms with Crippen LogP contribution in [0.15, 0.2) is 134 Å². The second kappa shape index (κ2) is 70.0. The van der Waals surface area contributed by atoms with Gasteiger partial charge in [-0.25, -0.2) is 0 Å². The molecule has 1 atom stereocenters. The van der Waals surface area contributed by atoms with Crippen LogP contribution in [0.25, 0.3) is 0 Å². The Labute approximate surface area is 513 Å². The molecule has 0 aliphatic rings. The molecule has 0 saturated carbocycles. The van der Waals surface area contributed by atoms with E-state index >= 15 is 0 Å². The predicted molar refractivity (Wildman–Crippen MR) is 362 cm³/mol. The van der Waals surface area contributed by atoms with Gasteiger partial charge in [0.15, 0.2) is 6.10 Å². The number of carbonyl (C=O) groups excluding carboxylic acids is 3. The van der Waals surface area contributed by atoms with Crippen LogP contribution >= 0.6 is 0 Å². The molecular formula is C77H128O6. The van der Waals surface area contributed by atoms with E-state index < -0.39 is 6.10 Å². The summed E-state index contributed by atoms with van der Waals surface area (Å²) in [6, 6.07) is 0. The molecule has 0 aromatic carbocycles. The predicted octanol–water partition coefficient (Wildman–Crippen LogP) is 24.1. The zero-order valence-corrected chi connectivity index (χ0v) is 54.2. The highest BCUT2D eigenvalue weighted by Gasteiger charge is 2.19. The van der Waals surface area contributed by atoms with E-state index in [-0.39, 0.29) is 31.1 Å². The van der Waals surface area contributed by atoms with Crippen molar-refractivity contribution in [2.24, 2.45) is 0 Å². The van der Waals surface area contributed by atoms with Crippen molar-refractivity contribution >= 4 is 17.9 Å². The van der Waals surface area contributed by atoms with Gasteiger partial charge in [0.2, 0.25) is 0 Å². The fraction of sp³-hybridized carbons (Fsp3) is 0.675. The maximum absolute atomic E-state index is 13.0. The van der Waals surface area contributed by atoms with Crippen LogP contribution in [0.5, 0.6) is 0 Å². The fourth-order valence-corrected chi connectivity index (χ4v) is 9.53. The third-order valence-corrected chi connectivity index (χ3v) is 14.7. The number of carbonyl (C=O) groups is 3. The molecule has 0 saturated heterocycles. The van der Waals surface area contributed by atoms with Crippen molar-refractivity contribution in [3.05, 3.63) is 134 Å². The Morgan fingerprint density at radius 1 is 0.253 bits per heavy atom. The normalized spacial score (nSPS) is 13.0. The van der Waals surface area contributed by atoms with E-state index in [1.54, 1.807) is 0 Å². The summed E-state index contributed by atoms with van der Waals surface area (Å²) in [6.07, 6.45) is 98.9. The van der Waals surface area contributed by atoms with Crippen LogP contribution in [0, 0.1) is 0 Å². The van der Waals surface area contributed by atoms with Crippen molar-refractivity contribution in [3.8, 4) is 0 Å². The van der Waals surface area contributed by atoms with Gasteiger partial charge in [-0.3, -0.25) is 14.4 Å². The highest BCUT2D eigenvalue weighted by molar-refractivity contribution is 5.71. The van der Waals surface area contributed by atoms with Crippen LogP contribution in [-0.2, 0) is 28.6 Å². The van der Waals surface area contributed by atoms with Crippen molar-refractivity contribution in [2.75, 3.05) is 13.2 Å². The molecule has 0 bridgehead atoms. The molecule has 0 aliphatic carbocycles. The zero-order valence-electron chi connectivity index (χ0n) is 54.2. The molecule has 0 N–H and O–H groups in total. The monoisotopic (exact) mass is 1150 g/mol. The summed E-state index contributed by atoms with van der Waals surface area (Å²) in [5.41, 5.74) is 0. The third-order valence-electron chi connectivity index (χ3n) is 14.7. The number of hydrogen-bond acceptors (Lipinski definition) is 6. The van der Waals surface area contributed by atoms with Gasteiger partial charge in [-0.05, 0) is 116 Å². The summed E-state index contributed by atoms with van der Waals surface area (Å²) in [4.78, 5) is 38.5. The lowest BCUT2D eigenvalue weighted by atomic mass is 10.0. The molecule has 0 fully saturated rings. The number of esters is 3. The first kappa shape index (κ1) is 78.5. The Morgan fingerprint density at radius 3 is 0.735 bits per heavy atom. The highest BCUT2D eigenvalue weighted by atomic mass is 16.6. The topological polar surface area (TPSA) is 78.9 Å². The van der Waals surface area contributed by atoms with Crippen LogP contribution in [0.2, 0.25) is 0 Å². The molecule has 6 nitrogen and oxygen atoms in total. The number of ether oxygens (including phenoxy) is 3. The SMILES string of the molecule is CC/C=C\C/C=C\C/C=C\C/C=C\C/C=C\C/C=C\CCCCCCCCCCC(=O)OCC(COC(=O)CCCCCCCCCCCCCCCCC)OC(=O)CCCCCCCCC/C=C\C/C=C\C/C=C\C/C=C\C/C=C\CC. The Bertz CT molecular complexity index is 1750. The van der Waals surface area contributed by atoms with Gasteiger partial charge in [-0.15, -0.1) is 0 Å². The summed E-state index contributed by atoms with van der Waals surface area (Å²) < 4.78 is 17.0. The van der Waals surface area contributed by atoms with E-state index in [2.05, 4.69) is 154 Å². The average Bonchev–Trinajstić information content (AvgIpc) is 3.49. The highest BCUT2D eigenvalue weighted by Crippen LogP contribution is 2.16. The van der Waals surface area contributed by atoms with Crippen molar-refractivity contribution in [2.45, 2.75) is 322 Å². The molecule has 0 amide bonds. The molecular weight excluding hydrogens is 1020 g/mol. The quantitative estimate of drug-likeness (QED) is 0.0261. The van der Waals surface area contributed by atoms with Gasteiger partial charge < -0.3 is 14.2 Å². The number of unbranched alkanes of at least 4 members (excludes halogenated alkanes) is 29. The molecule has 83 heavy (non-hydrogen) atoms. The molecule has 0 rings (SSSR count). The smallest absolute Gasteiger partial charge is 0.306 e. The fourth-order valence-electron chi connectivity index (χ4n) is 9.53. The Hall–Kier alpha value is -4.45. The first-order valence-corrected chi connectivity index (χ1v) is 34.7. The average molecular weight is 1150 g/mol. The van der Waals surface area contributed by atoms with E-state index in [0.29, 0.717) is 19.3 Å². The molecule has 1 unspecified atom stereocenters. The molecule has 0 radical (unpaired) electrons. The molecule has 0 spiro atoms. The molecule has 0 aliphatic heterocycles. The Kier molecular flexibility index (Phi) is 66.3. The maximum Gasteiger partial charge on any atom is 0.306 e. The van der Waals surface area contributed by atoms with E-state index in [1.165, 1.54) is 135 Å². The second-order valence-electron chi connectivity index (χ2n) is 22.7. The standard InChI is InChI=1S/C77H128O6/c1-4-7-10-13-16-19-22-25-28-30-32-34-36-37-38-39-41-42-44-46-49-52-55-58-61-64-67-70-76(79)82-73-74(72-81-75(78)69-66-63-60-57-54-51-48-27-24-21-18-15-12-9-6-3)83-77(80)71-68-65-62-59-56-53-50-47-45-43-40-35-33-31-29-26-23-20-17-14-11-8-5-2/h7-8,10-11,16-17,19-20,25-26,28-29,32-35,37-38,41-43,45,74H,4-6,9,12-15,18,21-24,27,30-31,36,39-40,44,46-73H2,1-3H3/b10-7-,11-8-,19-16-,20-17-,28-25-,29-26-,34-32-,35-33-,38-37-,42-41-,45-43-. The number of allylic oxidation sites excluding steroid dienone is 22. The second-order valence-corrected chi connectivity index (χ2v) is 22.7. The lowest BCUT2D eigenvalue weighted by Gasteiger charge is -2.18. The van der Waals surface area contributed by atoms with Gasteiger partial charge in [0.05, 0.1) is 0 Å². The number of rotatable bonds is 62. The molecule has 472 valence electrons. The lowest BCUT2D eigenvalue weighted by molar-refractivity contribution is -0.167. The zero-order chi connectivity index (χ0) is 59.9. The lowest BCUT2D eigenvalue weighted by Crippen LogP contribution is -2.30. The first-order chi connectivity index (χ1) is 41.0. The summed E-state index contributed by atoms with van der Waals surface area (Å²) in [6.45, 7) is 6.43. The van der Waals surface area contributed by atoms with Gasteiger partial charge in [0, 0.05) is 19.3 Å². The van der Waals surface area contributed by atoms with E-state index in [1.807, 2.05) is 0 Å². The van der Waals surface area contributed by atoms with Gasteiger partial charge in [0.1, 0.15) is 13.2 Å². The third kappa shape index (κ3) is 68.2. The minimum absolute atomic E-state index is 0.0857. The van der Waals surface area contributed by atoms with E-state index in [9.17, 15) is 14.4 Å². The largest absolute Gasteiger partial charge is 0.462 e. The van der Waals surface area contributed by atoms with Crippen molar-refractivity contribution in [1.29, 1.82) is 0 Å². The van der Waals surface area contributed by atoms with Crippen LogP contribution in [0.1, 0.15) is 316 Å². The van der Waals surface area contributed by atoms with Crippen molar-refractivity contribution in [1.82, 2.24) is 0 Å². The number of hydrogen-bond donors (Lipinski definition) is 0. The van der Waals surface area contributed by atoms with Gasteiger partial charge in [0.25, 0.3) is 0 Å². The van der Waals surface area contributed by atoms with Gasteiger partial charge in [-0.1, -0.05) is 315 Å². The van der Waals surface area contributed by atoms with Crippen molar-refractivity contribution in [3.63, 3.8) is 0 Å². The van der Waals surface area contributed by atoms with Crippen LogP contribution in [-0.4, -0.2) is 37.2 Å².